The van der Waals surface area contributed by atoms with Crippen LogP contribution in [-0.2, 0) is 32.6 Å². The maximum Gasteiger partial charge on any atom is 1.00 e. The maximum atomic E-state index is 13.2. The Kier molecular flexibility index (Phi) is 8.28. The van der Waals surface area contributed by atoms with Crippen molar-refractivity contribution in [2.75, 3.05) is 0 Å². The summed E-state index contributed by atoms with van der Waals surface area (Å²) in [6, 6.07) is 7.64. The molecule has 0 radical (unpaired) electrons. The van der Waals surface area contributed by atoms with E-state index < -0.39 is 7.82 Å². The van der Waals surface area contributed by atoms with Crippen LogP contribution in [0.5, 0.6) is 11.5 Å². The third-order valence-electron chi connectivity index (χ3n) is 6.44. The maximum absolute atomic E-state index is 13.2. The minimum absolute atomic E-state index is 0. The smallest absolute Gasteiger partial charge is 0.736 e. The third kappa shape index (κ3) is 6.39. The molecular weight excluding hydrogens is 466 g/mol. The summed E-state index contributed by atoms with van der Waals surface area (Å²) in [5.41, 5.74) is 5.61. The first kappa shape index (κ1) is 30.5. The number of benzene rings is 2. The van der Waals surface area contributed by atoms with Crippen LogP contribution in [0.25, 0.3) is 0 Å². The Morgan fingerprint density at radius 1 is 0.629 bits per heavy atom. The molecule has 0 unspecified atom stereocenters. The van der Waals surface area contributed by atoms with Crippen LogP contribution in [0.3, 0.4) is 0 Å². The molecular formula is C29H42NaO4P. The van der Waals surface area contributed by atoms with Gasteiger partial charge in [-0.3, -0.25) is 0 Å². The first-order chi connectivity index (χ1) is 15.1. The molecule has 188 valence electrons. The quantitative estimate of drug-likeness (QED) is 0.382. The molecule has 1 aliphatic heterocycles. The van der Waals surface area contributed by atoms with Crippen molar-refractivity contribution < 1.29 is 48.1 Å². The second-order valence-corrected chi connectivity index (χ2v) is 15.0. The van der Waals surface area contributed by atoms with E-state index in [-0.39, 0.29) is 51.2 Å². The summed E-state index contributed by atoms with van der Waals surface area (Å²) in [6.45, 7) is 25.9. The molecule has 2 aromatic rings. The predicted octanol–water partition coefficient (Wildman–Crippen LogP) is 4.71. The van der Waals surface area contributed by atoms with Crippen LogP contribution in [0.4, 0.5) is 0 Å². The minimum Gasteiger partial charge on any atom is -0.736 e. The average Bonchev–Trinajstić information content (AvgIpc) is 2.55. The van der Waals surface area contributed by atoms with Gasteiger partial charge in [-0.1, -0.05) is 95.2 Å². The van der Waals surface area contributed by atoms with Crippen molar-refractivity contribution in [3.8, 4) is 11.5 Å². The summed E-state index contributed by atoms with van der Waals surface area (Å²) >= 11 is 0. The Morgan fingerprint density at radius 3 is 1.20 bits per heavy atom. The molecule has 0 fully saturated rings. The van der Waals surface area contributed by atoms with Gasteiger partial charge >= 0.3 is 37.4 Å². The number of hydrogen-bond donors (Lipinski definition) is 0. The van der Waals surface area contributed by atoms with E-state index in [0.29, 0.717) is 17.9 Å². The van der Waals surface area contributed by atoms with Crippen molar-refractivity contribution in [1.82, 2.24) is 0 Å². The van der Waals surface area contributed by atoms with Gasteiger partial charge in [-0.2, -0.15) is 0 Å². The molecule has 0 N–H and O–H groups in total. The van der Waals surface area contributed by atoms with E-state index in [1.807, 2.05) is 12.1 Å². The second kappa shape index (κ2) is 9.52. The standard InChI is InChI=1S/C29H43O4P.Na/c1-26(2,3)20-13-15-22-24(28(7,8)9)18(20)17-19-21(27(4,5)6)14-16-23(25(19)29(10,11)12)33-34(30,31)32-22;/h13-16H,17H2,1-12H3,(H,30,31);/q;+1/p-1. The number of phosphoric ester groups is 1. The topological polar surface area (TPSA) is 58.6 Å². The van der Waals surface area contributed by atoms with E-state index >= 15 is 0 Å². The van der Waals surface area contributed by atoms with Gasteiger partial charge in [-0.25, -0.2) is 4.57 Å². The number of hydrogen-bond acceptors (Lipinski definition) is 4. The Balaban J connectivity index is 0.00000432. The van der Waals surface area contributed by atoms with Crippen LogP contribution in [-0.4, -0.2) is 0 Å². The molecule has 1 aliphatic rings. The van der Waals surface area contributed by atoms with Crippen LogP contribution in [0.2, 0.25) is 0 Å². The minimum atomic E-state index is -4.68. The van der Waals surface area contributed by atoms with Crippen LogP contribution in [0, 0.1) is 0 Å². The van der Waals surface area contributed by atoms with E-state index in [4.69, 9.17) is 9.05 Å². The fourth-order valence-electron chi connectivity index (χ4n) is 5.26. The summed E-state index contributed by atoms with van der Waals surface area (Å²) < 4.78 is 24.6. The number of rotatable bonds is 0. The first-order valence-corrected chi connectivity index (χ1v) is 13.6. The molecule has 0 spiro atoms. The Morgan fingerprint density at radius 2 is 0.943 bits per heavy atom. The number of fused-ring (bicyclic) bond motifs is 4. The molecule has 1 heterocycles. The molecule has 3 rings (SSSR count). The summed E-state index contributed by atoms with van der Waals surface area (Å²) in [5, 5.41) is 0. The van der Waals surface area contributed by atoms with Crippen LogP contribution in [0.15, 0.2) is 24.3 Å². The molecule has 35 heavy (non-hydrogen) atoms. The Labute approximate surface area is 235 Å². The van der Waals surface area contributed by atoms with Gasteiger partial charge < -0.3 is 13.9 Å². The first-order valence-electron chi connectivity index (χ1n) is 12.2. The zero-order valence-electron chi connectivity index (χ0n) is 24.1. The van der Waals surface area contributed by atoms with Crippen molar-refractivity contribution >= 4 is 7.82 Å². The van der Waals surface area contributed by atoms with Gasteiger partial charge in [0.15, 0.2) is 0 Å². The van der Waals surface area contributed by atoms with Gasteiger partial charge in [0.1, 0.15) is 11.5 Å². The van der Waals surface area contributed by atoms with Crippen molar-refractivity contribution in [2.45, 2.75) is 111 Å². The van der Waals surface area contributed by atoms with Gasteiger partial charge in [0.05, 0.1) is 0 Å². The van der Waals surface area contributed by atoms with Crippen molar-refractivity contribution in [3.05, 3.63) is 57.6 Å². The molecule has 0 aliphatic carbocycles. The zero-order chi connectivity index (χ0) is 26.1. The molecule has 0 saturated heterocycles. The van der Waals surface area contributed by atoms with E-state index in [9.17, 15) is 9.46 Å². The average molecular weight is 509 g/mol. The summed E-state index contributed by atoms with van der Waals surface area (Å²) in [6.07, 6.45) is 0.677. The molecule has 4 nitrogen and oxygen atoms in total. The fraction of sp³-hybridized carbons (Fsp3) is 0.586. The largest absolute Gasteiger partial charge is 1.00 e. The van der Waals surface area contributed by atoms with Gasteiger partial charge in [-0.15, -0.1) is 0 Å². The van der Waals surface area contributed by atoms with E-state index in [1.54, 1.807) is 12.1 Å². The molecule has 2 aromatic carbocycles. The predicted molar refractivity (Wildman–Crippen MR) is 139 cm³/mol. The molecule has 6 heteroatoms. The van der Waals surface area contributed by atoms with Crippen molar-refractivity contribution in [3.63, 3.8) is 0 Å². The monoisotopic (exact) mass is 508 g/mol. The van der Waals surface area contributed by atoms with E-state index in [2.05, 4.69) is 83.1 Å². The fourth-order valence-corrected chi connectivity index (χ4v) is 6.08. The summed E-state index contributed by atoms with van der Waals surface area (Å²) in [7, 11) is -4.68. The van der Waals surface area contributed by atoms with Gasteiger partial charge in [0, 0.05) is 11.1 Å². The molecule has 0 saturated carbocycles. The summed E-state index contributed by atoms with van der Waals surface area (Å²) in [4.78, 5) is 13.2. The van der Waals surface area contributed by atoms with Gasteiger partial charge in [0.2, 0.25) is 0 Å². The Hall–Kier alpha value is -0.770. The van der Waals surface area contributed by atoms with Crippen LogP contribution >= 0.6 is 7.82 Å². The molecule has 0 aromatic heterocycles. The summed E-state index contributed by atoms with van der Waals surface area (Å²) in [5.74, 6) is 0.710. The van der Waals surface area contributed by atoms with Gasteiger partial charge in [-0.05, 0) is 62.5 Å². The molecule has 0 atom stereocenters. The third-order valence-corrected chi connectivity index (χ3v) is 7.28. The van der Waals surface area contributed by atoms with Crippen molar-refractivity contribution in [1.29, 1.82) is 0 Å². The zero-order valence-corrected chi connectivity index (χ0v) is 27.0. The SMILES string of the molecule is CC(C)(C)c1ccc2c(C(C)(C)C)c1Cc1c(C(C)(C)C)ccc(c1C(C)(C)C)OP(=O)([O-])O2.[Na+]. The second-order valence-electron chi connectivity index (χ2n) is 13.7. The van der Waals surface area contributed by atoms with E-state index in [1.165, 1.54) is 11.1 Å². The molecule has 0 amide bonds. The Bertz CT molecular complexity index is 1070. The van der Waals surface area contributed by atoms with Crippen LogP contribution in [0.1, 0.15) is 116 Å². The molecule has 4 bridgehead atoms. The van der Waals surface area contributed by atoms with Crippen molar-refractivity contribution in [2.24, 2.45) is 0 Å². The van der Waals surface area contributed by atoms with Crippen LogP contribution < -0.4 is 43.5 Å². The number of phosphoric acid groups is 1. The normalized spacial score (nSPS) is 16.0. The van der Waals surface area contributed by atoms with Gasteiger partial charge in [0.25, 0.3) is 0 Å². The van der Waals surface area contributed by atoms with E-state index in [0.717, 1.165) is 22.3 Å².